The molecule has 10 atom stereocenters. The van der Waals surface area contributed by atoms with Crippen LogP contribution in [0.1, 0.15) is 96.1 Å². The molecule has 0 saturated heterocycles. The third-order valence-corrected chi connectivity index (χ3v) is 16.3. The summed E-state index contributed by atoms with van der Waals surface area (Å²) in [6.45, 7) is 10.8. The van der Waals surface area contributed by atoms with E-state index in [1.54, 1.807) is 48.5 Å². The Morgan fingerprint density at radius 3 is 1.90 bits per heavy atom. The number of esters is 1. The van der Waals surface area contributed by atoms with Gasteiger partial charge in [-0.1, -0.05) is 56.2 Å². The average molecular weight is 715 g/mol. The standard InChI is InChI=1S/C39H54O8S2/c1-25-7-12-29(13-8-25)48(41,42)46-28-19-21-39(5)34-20-22-38(4)32(27(3)11-18-37(40)45-6)16-17-33(38)31(34)24-36(35(39)23-28)47-49(43,44)30-14-9-26(2)10-15-30/h7-10,12-15,27-28,31-36H,11,16-24H2,1-6H3/t27-,28+,31+,32-,33+,34+,35?,36?,38-,39-/m1/s1. The Morgan fingerprint density at radius 2 is 1.31 bits per heavy atom. The van der Waals surface area contributed by atoms with Gasteiger partial charge in [-0.3, -0.25) is 13.2 Å². The molecule has 270 valence electrons. The molecule has 2 aromatic rings. The van der Waals surface area contributed by atoms with E-state index in [1.165, 1.54) is 7.11 Å². The van der Waals surface area contributed by atoms with Crippen LogP contribution in [-0.2, 0) is 38.1 Å². The van der Waals surface area contributed by atoms with Gasteiger partial charge in [0.15, 0.2) is 0 Å². The van der Waals surface area contributed by atoms with Crippen molar-refractivity contribution in [3.8, 4) is 0 Å². The number of fused-ring (bicyclic) bond motifs is 5. The molecule has 0 bridgehead atoms. The van der Waals surface area contributed by atoms with Gasteiger partial charge in [0.1, 0.15) is 0 Å². The highest BCUT2D eigenvalue weighted by Crippen LogP contribution is 2.69. The molecule has 4 saturated carbocycles. The maximum Gasteiger partial charge on any atom is 0.305 e. The second kappa shape index (κ2) is 13.7. The Labute approximate surface area is 293 Å². The summed E-state index contributed by atoms with van der Waals surface area (Å²) in [5.74, 6) is 1.64. The van der Waals surface area contributed by atoms with Crippen molar-refractivity contribution in [2.45, 2.75) is 121 Å². The second-order valence-electron chi connectivity index (χ2n) is 16.2. The minimum Gasteiger partial charge on any atom is -0.469 e. The molecule has 0 amide bonds. The van der Waals surface area contributed by atoms with E-state index in [0.717, 1.165) is 49.7 Å². The summed E-state index contributed by atoms with van der Waals surface area (Å²) in [7, 11) is -6.62. The van der Waals surface area contributed by atoms with Gasteiger partial charge in [-0.2, -0.15) is 16.8 Å². The van der Waals surface area contributed by atoms with E-state index >= 15 is 0 Å². The summed E-state index contributed by atoms with van der Waals surface area (Å²) in [6.07, 6.45) is 6.81. The van der Waals surface area contributed by atoms with E-state index in [0.29, 0.717) is 55.3 Å². The Morgan fingerprint density at radius 1 is 0.755 bits per heavy atom. The maximum atomic E-state index is 13.9. The van der Waals surface area contributed by atoms with Gasteiger partial charge >= 0.3 is 5.97 Å². The van der Waals surface area contributed by atoms with Crippen LogP contribution < -0.4 is 0 Å². The van der Waals surface area contributed by atoms with Crippen LogP contribution in [0.2, 0.25) is 0 Å². The first kappa shape index (κ1) is 36.5. The molecule has 10 heteroatoms. The zero-order chi connectivity index (χ0) is 35.4. The minimum absolute atomic E-state index is 0.0999. The van der Waals surface area contributed by atoms with Crippen LogP contribution in [0.25, 0.3) is 0 Å². The van der Waals surface area contributed by atoms with Crippen LogP contribution in [0.5, 0.6) is 0 Å². The normalized spacial score (nSPS) is 35.1. The fourth-order valence-corrected chi connectivity index (χ4v) is 13.1. The number of rotatable bonds is 10. The number of hydrogen-bond donors (Lipinski definition) is 0. The first-order valence-corrected chi connectivity index (χ1v) is 21.0. The SMILES string of the molecule is COC(=O)CC[C@@H](C)[C@H]1CC[C@H]2[C@@H]3CC(OS(=O)(=O)c4ccc(C)cc4)C4C[C@@H](OS(=O)(=O)c5ccc(C)cc5)CC[C@]4(C)[C@H]3CC[C@]12C. The van der Waals surface area contributed by atoms with Gasteiger partial charge in [-0.25, -0.2) is 0 Å². The molecule has 4 fully saturated rings. The molecule has 49 heavy (non-hydrogen) atoms. The van der Waals surface area contributed by atoms with E-state index in [4.69, 9.17) is 13.1 Å². The molecule has 4 aliphatic rings. The molecule has 0 N–H and O–H groups in total. The molecule has 6 rings (SSSR count). The lowest BCUT2D eigenvalue weighted by Gasteiger charge is -2.62. The zero-order valence-corrected chi connectivity index (χ0v) is 31.5. The van der Waals surface area contributed by atoms with Crippen molar-refractivity contribution in [2.75, 3.05) is 7.11 Å². The molecule has 2 unspecified atom stereocenters. The molecule has 0 spiro atoms. The van der Waals surface area contributed by atoms with Crippen LogP contribution in [0.4, 0.5) is 0 Å². The molecule has 2 aromatic carbocycles. The minimum atomic E-state index is -4.07. The predicted octanol–water partition coefficient (Wildman–Crippen LogP) is 8.01. The van der Waals surface area contributed by atoms with Crippen LogP contribution in [0.3, 0.4) is 0 Å². The largest absolute Gasteiger partial charge is 0.469 e. The quantitative estimate of drug-likeness (QED) is 0.180. The summed E-state index contributed by atoms with van der Waals surface area (Å²) in [4.78, 5) is 12.2. The monoisotopic (exact) mass is 714 g/mol. The number of carbonyl (C=O) groups is 1. The number of hydrogen-bond acceptors (Lipinski definition) is 8. The molecule has 0 aliphatic heterocycles. The smallest absolute Gasteiger partial charge is 0.305 e. The summed E-state index contributed by atoms with van der Waals surface area (Å²) in [6, 6.07) is 13.4. The molecule has 0 heterocycles. The van der Waals surface area contributed by atoms with Gasteiger partial charge in [0.25, 0.3) is 20.2 Å². The average Bonchev–Trinajstić information content (AvgIpc) is 3.41. The van der Waals surface area contributed by atoms with Crippen molar-refractivity contribution in [3.63, 3.8) is 0 Å². The highest BCUT2D eigenvalue weighted by molar-refractivity contribution is 7.87. The third kappa shape index (κ3) is 7.01. The summed E-state index contributed by atoms with van der Waals surface area (Å²) >= 11 is 0. The van der Waals surface area contributed by atoms with E-state index in [1.807, 2.05) is 13.8 Å². The fraction of sp³-hybridized carbons (Fsp3) is 0.667. The Hall–Kier alpha value is -2.27. The fourth-order valence-electron chi connectivity index (χ4n) is 10.9. The number of benzene rings is 2. The number of aryl methyl sites for hydroxylation is 2. The van der Waals surface area contributed by atoms with Crippen molar-refractivity contribution in [1.29, 1.82) is 0 Å². The van der Waals surface area contributed by atoms with Gasteiger partial charge in [-0.15, -0.1) is 0 Å². The Balaban J connectivity index is 1.29. The van der Waals surface area contributed by atoms with E-state index in [9.17, 15) is 21.6 Å². The van der Waals surface area contributed by atoms with Gasteiger partial charge in [0.05, 0.1) is 29.1 Å². The number of methoxy groups -OCH3 is 1. The first-order chi connectivity index (χ1) is 23.1. The molecular formula is C39H54O8S2. The Bertz CT molecular complexity index is 1720. The van der Waals surface area contributed by atoms with Crippen molar-refractivity contribution >= 4 is 26.2 Å². The number of carbonyl (C=O) groups excluding carboxylic acids is 1. The maximum absolute atomic E-state index is 13.9. The summed E-state index contributed by atoms with van der Waals surface area (Å²) < 4.78 is 71.7. The van der Waals surface area contributed by atoms with Crippen molar-refractivity contribution in [3.05, 3.63) is 59.7 Å². The molecular weight excluding hydrogens is 661 g/mol. The second-order valence-corrected chi connectivity index (χ2v) is 19.4. The number of ether oxygens (including phenoxy) is 1. The summed E-state index contributed by atoms with van der Waals surface area (Å²) in [5.41, 5.74) is 1.81. The van der Waals surface area contributed by atoms with Gasteiger partial charge in [-0.05, 0) is 142 Å². The van der Waals surface area contributed by atoms with Crippen molar-refractivity contribution in [2.24, 2.45) is 46.3 Å². The van der Waals surface area contributed by atoms with Crippen LogP contribution in [0, 0.1) is 60.2 Å². The highest BCUT2D eigenvalue weighted by atomic mass is 32.2. The van der Waals surface area contributed by atoms with E-state index in [-0.39, 0.29) is 32.5 Å². The molecule has 8 nitrogen and oxygen atoms in total. The highest BCUT2D eigenvalue weighted by Gasteiger charge is 2.63. The van der Waals surface area contributed by atoms with Crippen molar-refractivity contribution in [1.82, 2.24) is 0 Å². The summed E-state index contributed by atoms with van der Waals surface area (Å²) in [5, 5.41) is 0. The van der Waals surface area contributed by atoms with Crippen molar-refractivity contribution < 1.29 is 34.7 Å². The van der Waals surface area contributed by atoms with Gasteiger partial charge in [0, 0.05) is 6.42 Å². The lowest BCUT2D eigenvalue weighted by atomic mass is 9.43. The van der Waals surface area contributed by atoms with Gasteiger partial charge in [0.2, 0.25) is 0 Å². The van der Waals surface area contributed by atoms with Gasteiger partial charge < -0.3 is 4.74 Å². The van der Waals surface area contributed by atoms with Crippen LogP contribution >= 0.6 is 0 Å². The molecule has 0 radical (unpaired) electrons. The molecule has 0 aromatic heterocycles. The van der Waals surface area contributed by atoms with Crippen LogP contribution in [0.15, 0.2) is 58.3 Å². The zero-order valence-electron chi connectivity index (χ0n) is 29.9. The lowest BCUT2D eigenvalue weighted by molar-refractivity contribution is -0.163. The van der Waals surface area contributed by atoms with E-state index < -0.39 is 32.4 Å². The first-order valence-electron chi connectivity index (χ1n) is 18.1. The van der Waals surface area contributed by atoms with Crippen LogP contribution in [-0.4, -0.2) is 42.1 Å². The topological polar surface area (TPSA) is 113 Å². The molecule has 4 aliphatic carbocycles. The third-order valence-electron chi connectivity index (χ3n) is 13.5. The Kier molecular flexibility index (Phi) is 10.2. The predicted molar refractivity (Wildman–Crippen MR) is 187 cm³/mol. The lowest BCUT2D eigenvalue weighted by Crippen LogP contribution is -2.59. The van der Waals surface area contributed by atoms with E-state index in [2.05, 4.69) is 20.8 Å².